The summed E-state index contributed by atoms with van der Waals surface area (Å²) in [6.45, 7) is 4.53. The summed E-state index contributed by atoms with van der Waals surface area (Å²) in [5, 5.41) is 0. The Balaban J connectivity index is 0.960. The lowest BCUT2D eigenvalue weighted by Crippen LogP contribution is -2.52. The molecule has 7 atom stereocenters. The van der Waals surface area contributed by atoms with Gasteiger partial charge >= 0.3 is 17.9 Å². The molecular weight excluding hydrogens is 482 g/mol. The Morgan fingerprint density at radius 2 is 1.70 bits per heavy atom. The number of nitrogens with zero attached hydrogens (tertiary/aromatic N) is 1. The number of carbonyl (C=O) groups is 3. The van der Waals surface area contributed by atoms with Crippen LogP contribution in [0.1, 0.15) is 45.4 Å². The van der Waals surface area contributed by atoms with Crippen molar-refractivity contribution in [2.75, 3.05) is 39.6 Å². The average molecular weight is 520 g/mol. The van der Waals surface area contributed by atoms with Crippen LogP contribution in [0.2, 0.25) is 0 Å². The van der Waals surface area contributed by atoms with Crippen LogP contribution in [0.15, 0.2) is 0 Å². The SMILES string of the molecule is CC(OCOC(=O)C1C2OC3C(OC(=O)C31)C2OC(=O)CN1CCOCC1)C12CC3CC(CC(C3)C1)C2. The molecule has 7 unspecified atom stereocenters. The first-order valence-electron chi connectivity index (χ1n) is 14.0. The highest BCUT2D eigenvalue weighted by Crippen LogP contribution is 2.61. The van der Waals surface area contributed by atoms with Gasteiger partial charge in [0.1, 0.15) is 24.0 Å². The van der Waals surface area contributed by atoms with Crippen LogP contribution in [-0.2, 0) is 42.8 Å². The third-order valence-corrected chi connectivity index (χ3v) is 10.4. The lowest BCUT2D eigenvalue weighted by Gasteiger charge is -2.58. The van der Waals surface area contributed by atoms with Crippen LogP contribution in [-0.4, -0.2) is 93.0 Å². The normalized spacial score (nSPS) is 46.2. The van der Waals surface area contributed by atoms with Crippen molar-refractivity contribution in [1.82, 2.24) is 4.90 Å². The average Bonchev–Trinajstić information content (AvgIpc) is 3.48. The molecule has 10 nitrogen and oxygen atoms in total. The maximum absolute atomic E-state index is 13.2. The first kappa shape index (κ1) is 24.3. The second kappa shape index (κ2) is 9.17. The molecule has 0 radical (unpaired) electrons. The molecule has 4 aliphatic carbocycles. The third kappa shape index (κ3) is 4.10. The van der Waals surface area contributed by atoms with Gasteiger partial charge in [-0.15, -0.1) is 0 Å². The number of hydrogen-bond acceptors (Lipinski definition) is 10. The van der Waals surface area contributed by atoms with Gasteiger partial charge < -0.3 is 28.4 Å². The number of esters is 3. The van der Waals surface area contributed by atoms with Gasteiger partial charge in [-0.2, -0.15) is 0 Å². The van der Waals surface area contributed by atoms with Crippen molar-refractivity contribution in [2.45, 2.75) is 76.0 Å². The Bertz CT molecular complexity index is 913. The van der Waals surface area contributed by atoms with Crippen molar-refractivity contribution in [3.05, 3.63) is 0 Å². The van der Waals surface area contributed by atoms with Crippen LogP contribution in [0, 0.1) is 35.0 Å². The molecule has 4 saturated carbocycles. The van der Waals surface area contributed by atoms with Crippen molar-refractivity contribution < 1.29 is 42.8 Å². The summed E-state index contributed by atoms with van der Waals surface area (Å²) >= 11 is 0. The second-order valence-corrected chi connectivity index (χ2v) is 12.5. The van der Waals surface area contributed by atoms with E-state index >= 15 is 0 Å². The molecule has 0 amide bonds. The molecule has 6 bridgehead atoms. The highest BCUT2D eigenvalue weighted by atomic mass is 16.7. The van der Waals surface area contributed by atoms with Crippen molar-refractivity contribution >= 4 is 17.9 Å². The summed E-state index contributed by atoms with van der Waals surface area (Å²) in [5.74, 6) is -0.618. The number of fused-ring (bicyclic) bond motifs is 1. The van der Waals surface area contributed by atoms with Crippen LogP contribution >= 0.6 is 0 Å². The van der Waals surface area contributed by atoms with Gasteiger partial charge in [-0.1, -0.05) is 0 Å². The summed E-state index contributed by atoms with van der Waals surface area (Å²) < 4.78 is 34.2. The van der Waals surface area contributed by atoms with E-state index in [1.54, 1.807) is 0 Å². The Hall–Kier alpha value is -1.75. The van der Waals surface area contributed by atoms with E-state index in [9.17, 15) is 14.4 Å². The second-order valence-electron chi connectivity index (χ2n) is 12.5. The molecule has 4 heterocycles. The zero-order valence-electron chi connectivity index (χ0n) is 21.4. The smallest absolute Gasteiger partial charge is 0.320 e. The fourth-order valence-electron chi connectivity index (χ4n) is 9.01. The largest absolute Gasteiger partial charge is 0.455 e. The van der Waals surface area contributed by atoms with E-state index in [0.717, 1.165) is 17.8 Å². The minimum atomic E-state index is -0.865. The molecule has 0 aromatic heterocycles. The van der Waals surface area contributed by atoms with Gasteiger partial charge in [0, 0.05) is 13.1 Å². The van der Waals surface area contributed by atoms with E-state index < -0.39 is 54.2 Å². The van der Waals surface area contributed by atoms with Crippen molar-refractivity contribution in [2.24, 2.45) is 35.0 Å². The monoisotopic (exact) mass is 519 g/mol. The van der Waals surface area contributed by atoms with Gasteiger partial charge in [0.2, 0.25) is 0 Å². The first-order valence-corrected chi connectivity index (χ1v) is 14.0. The molecule has 0 aromatic rings. The molecule has 204 valence electrons. The molecule has 0 spiro atoms. The highest BCUT2D eigenvalue weighted by Gasteiger charge is 2.72. The first-order chi connectivity index (χ1) is 17.9. The summed E-state index contributed by atoms with van der Waals surface area (Å²) in [6.07, 6.45) is 4.89. The fraction of sp³-hybridized carbons (Fsp3) is 0.889. The van der Waals surface area contributed by atoms with E-state index in [1.165, 1.54) is 38.5 Å². The molecular formula is C27H37NO9. The van der Waals surface area contributed by atoms with Crippen molar-refractivity contribution in [3.8, 4) is 0 Å². The lowest BCUT2D eigenvalue weighted by molar-refractivity contribution is -0.191. The molecule has 4 aliphatic heterocycles. The van der Waals surface area contributed by atoms with Crippen molar-refractivity contribution in [1.29, 1.82) is 0 Å². The predicted molar refractivity (Wildman–Crippen MR) is 125 cm³/mol. The molecule has 10 heteroatoms. The van der Waals surface area contributed by atoms with Crippen LogP contribution in [0.5, 0.6) is 0 Å². The fourth-order valence-corrected chi connectivity index (χ4v) is 9.01. The quantitative estimate of drug-likeness (QED) is 0.264. The maximum Gasteiger partial charge on any atom is 0.320 e. The van der Waals surface area contributed by atoms with Gasteiger partial charge in [-0.3, -0.25) is 19.3 Å². The van der Waals surface area contributed by atoms with Crippen LogP contribution in [0.4, 0.5) is 0 Å². The molecule has 0 aromatic carbocycles. The minimum Gasteiger partial charge on any atom is -0.455 e. The summed E-state index contributed by atoms with van der Waals surface area (Å²) in [5.41, 5.74) is 0.193. The Labute approximate surface area is 216 Å². The molecule has 8 aliphatic rings. The summed E-state index contributed by atoms with van der Waals surface area (Å²) in [6, 6.07) is 0. The zero-order valence-corrected chi connectivity index (χ0v) is 21.4. The maximum atomic E-state index is 13.2. The number of morpholine rings is 1. The molecule has 8 fully saturated rings. The number of ether oxygens (including phenoxy) is 6. The molecule has 8 rings (SSSR count). The number of carbonyl (C=O) groups excluding carboxylic acids is 3. The van der Waals surface area contributed by atoms with E-state index in [0.29, 0.717) is 26.3 Å². The highest BCUT2D eigenvalue weighted by molar-refractivity contribution is 5.87. The third-order valence-electron chi connectivity index (χ3n) is 10.4. The molecule has 0 N–H and O–H groups in total. The Morgan fingerprint density at radius 3 is 2.38 bits per heavy atom. The summed E-state index contributed by atoms with van der Waals surface area (Å²) in [7, 11) is 0. The van der Waals surface area contributed by atoms with E-state index in [2.05, 4.69) is 6.92 Å². The van der Waals surface area contributed by atoms with Gasteiger partial charge in [0.25, 0.3) is 0 Å². The number of hydrogen-bond donors (Lipinski definition) is 0. The van der Waals surface area contributed by atoms with E-state index in [-0.39, 0.29) is 24.9 Å². The minimum absolute atomic E-state index is 0.0136. The predicted octanol–water partition coefficient (Wildman–Crippen LogP) is 1.29. The summed E-state index contributed by atoms with van der Waals surface area (Å²) in [4.78, 5) is 40.4. The Kier molecular flexibility index (Phi) is 6.02. The molecule has 4 saturated heterocycles. The molecule has 37 heavy (non-hydrogen) atoms. The van der Waals surface area contributed by atoms with Crippen LogP contribution < -0.4 is 0 Å². The van der Waals surface area contributed by atoms with E-state index in [4.69, 9.17) is 28.4 Å². The number of rotatable bonds is 8. The van der Waals surface area contributed by atoms with Crippen molar-refractivity contribution in [3.63, 3.8) is 0 Å². The van der Waals surface area contributed by atoms with E-state index in [1.807, 2.05) is 4.90 Å². The lowest BCUT2D eigenvalue weighted by atomic mass is 9.48. The topological polar surface area (TPSA) is 110 Å². The standard InChI is InChI=1S/C27H37NO9/c1-14(27-9-15-6-16(10-27)8-17(7-15)11-27)33-13-34-25(30)19-20-22-24(37-26(20)31)23(21(19)36-22)35-18(29)12-28-2-4-32-5-3-28/h14-17,19-24H,2-13H2,1H3. The van der Waals surface area contributed by atoms with Gasteiger partial charge in [-0.05, 0) is 68.6 Å². The van der Waals surface area contributed by atoms with Gasteiger partial charge in [0.05, 0.1) is 25.9 Å². The zero-order chi connectivity index (χ0) is 25.3. The Morgan fingerprint density at radius 1 is 1.03 bits per heavy atom. The van der Waals surface area contributed by atoms with Gasteiger partial charge in [0.15, 0.2) is 19.0 Å². The van der Waals surface area contributed by atoms with Crippen LogP contribution in [0.3, 0.4) is 0 Å². The van der Waals surface area contributed by atoms with Gasteiger partial charge in [-0.25, -0.2) is 0 Å². The van der Waals surface area contributed by atoms with Crippen LogP contribution in [0.25, 0.3) is 0 Å².